The number of rotatable bonds is 3. The van der Waals surface area contributed by atoms with Crippen molar-refractivity contribution >= 4 is 11.8 Å². The lowest BCUT2D eigenvalue weighted by Gasteiger charge is -2.46. The summed E-state index contributed by atoms with van der Waals surface area (Å²) in [5.74, 6) is 1.22. The summed E-state index contributed by atoms with van der Waals surface area (Å²) >= 11 is 0. The standard InChI is InChI=1S/C25H33N3O3/c1-16-21(22(27-31-16)17-10-6-5-7-11-17)24(30)28-15-19-13-9-8-12-18(19)14-20(28)23(29)26-25(2,3)4/h5-7,10-11,18-20H,8-9,12-15H2,1-4H3,(H,26,29)/t18-,19+,20-/m1/s1. The molecule has 2 aliphatic rings. The molecular weight excluding hydrogens is 390 g/mol. The molecule has 1 N–H and O–H groups in total. The second-order valence-corrected chi connectivity index (χ2v) is 10.1. The average molecular weight is 424 g/mol. The van der Waals surface area contributed by atoms with Crippen LogP contribution in [0.15, 0.2) is 34.9 Å². The maximum Gasteiger partial charge on any atom is 0.260 e. The molecule has 1 saturated carbocycles. The number of hydrogen-bond acceptors (Lipinski definition) is 4. The molecule has 166 valence electrons. The highest BCUT2D eigenvalue weighted by atomic mass is 16.5. The number of piperidine rings is 1. The van der Waals surface area contributed by atoms with E-state index in [-0.39, 0.29) is 17.4 Å². The van der Waals surface area contributed by atoms with Crippen LogP contribution in [0.4, 0.5) is 0 Å². The Labute approximate surface area is 184 Å². The normalized spacial score (nSPS) is 23.9. The molecular formula is C25H33N3O3. The molecule has 2 heterocycles. The third-order valence-electron chi connectivity index (χ3n) is 6.59. The van der Waals surface area contributed by atoms with Gasteiger partial charge >= 0.3 is 0 Å². The van der Waals surface area contributed by atoms with Gasteiger partial charge in [-0.25, -0.2) is 0 Å². The Bertz CT molecular complexity index is 945. The summed E-state index contributed by atoms with van der Waals surface area (Å²) in [5, 5.41) is 7.29. The van der Waals surface area contributed by atoms with Crippen molar-refractivity contribution in [1.82, 2.24) is 15.4 Å². The van der Waals surface area contributed by atoms with Gasteiger partial charge in [0.25, 0.3) is 5.91 Å². The molecule has 1 saturated heterocycles. The monoisotopic (exact) mass is 423 g/mol. The van der Waals surface area contributed by atoms with E-state index >= 15 is 0 Å². The van der Waals surface area contributed by atoms with Crippen LogP contribution >= 0.6 is 0 Å². The van der Waals surface area contributed by atoms with Gasteiger partial charge < -0.3 is 14.7 Å². The molecule has 2 aromatic rings. The molecule has 0 unspecified atom stereocenters. The molecule has 0 bridgehead atoms. The van der Waals surface area contributed by atoms with Gasteiger partial charge in [-0.15, -0.1) is 0 Å². The number of amides is 2. The Hall–Kier alpha value is -2.63. The van der Waals surface area contributed by atoms with Crippen LogP contribution in [0.2, 0.25) is 0 Å². The van der Waals surface area contributed by atoms with Crippen LogP contribution in [0.1, 0.15) is 69.0 Å². The van der Waals surface area contributed by atoms with Crippen LogP contribution in [0.25, 0.3) is 11.3 Å². The van der Waals surface area contributed by atoms with Crippen molar-refractivity contribution < 1.29 is 14.1 Å². The van der Waals surface area contributed by atoms with Crippen molar-refractivity contribution in [1.29, 1.82) is 0 Å². The van der Waals surface area contributed by atoms with E-state index in [1.54, 1.807) is 11.8 Å². The third-order valence-corrected chi connectivity index (χ3v) is 6.59. The first kappa shape index (κ1) is 21.6. The van der Waals surface area contributed by atoms with E-state index in [4.69, 9.17) is 4.52 Å². The lowest BCUT2D eigenvalue weighted by molar-refractivity contribution is -0.130. The number of hydrogen-bond donors (Lipinski definition) is 1. The smallest absolute Gasteiger partial charge is 0.260 e. The molecule has 2 amide bonds. The molecule has 4 rings (SSSR count). The number of aromatic nitrogens is 1. The molecule has 3 atom stereocenters. The summed E-state index contributed by atoms with van der Waals surface area (Å²) in [7, 11) is 0. The fourth-order valence-corrected chi connectivity index (χ4v) is 5.12. The molecule has 1 aromatic carbocycles. The number of likely N-dealkylation sites (tertiary alicyclic amines) is 1. The van der Waals surface area contributed by atoms with E-state index in [1.165, 1.54) is 12.8 Å². The van der Waals surface area contributed by atoms with Gasteiger partial charge in [-0.05, 0) is 52.4 Å². The number of carbonyl (C=O) groups excluding carboxylic acids is 2. The van der Waals surface area contributed by atoms with Crippen LogP contribution in [-0.2, 0) is 4.79 Å². The molecule has 31 heavy (non-hydrogen) atoms. The second-order valence-electron chi connectivity index (χ2n) is 10.1. The van der Waals surface area contributed by atoms with Gasteiger partial charge in [0.2, 0.25) is 5.91 Å². The molecule has 0 spiro atoms. The zero-order chi connectivity index (χ0) is 22.2. The van der Waals surface area contributed by atoms with Gasteiger partial charge in [0.15, 0.2) is 0 Å². The van der Waals surface area contributed by atoms with E-state index in [0.717, 1.165) is 24.8 Å². The summed E-state index contributed by atoms with van der Waals surface area (Å²) < 4.78 is 5.45. The number of carbonyl (C=O) groups is 2. The fourth-order valence-electron chi connectivity index (χ4n) is 5.12. The van der Waals surface area contributed by atoms with Crippen molar-refractivity contribution in [2.45, 2.75) is 71.4 Å². The largest absolute Gasteiger partial charge is 0.360 e. The minimum absolute atomic E-state index is 0.0692. The van der Waals surface area contributed by atoms with Gasteiger partial charge in [-0.1, -0.05) is 54.8 Å². The lowest BCUT2D eigenvalue weighted by atomic mass is 9.72. The summed E-state index contributed by atoms with van der Waals surface area (Å²) in [6.07, 6.45) is 5.41. The van der Waals surface area contributed by atoms with Crippen molar-refractivity contribution in [2.24, 2.45) is 11.8 Å². The van der Waals surface area contributed by atoms with Gasteiger partial charge in [0, 0.05) is 17.6 Å². The van der Waals surface area contributed by atoms with Gasteiger partial charge in [0.1, 0.15) is 23.1 Å². The molecule has 1 aromatic heterocycles. The highest BCUT2D eigenvalue weighted by Gasteiger charge is 2.43. The van der Waals surface area contributed by atoms with Gasteiger partial charge in [0.05, 0.1) is 0 Å². The minimum atomic E-state index is -0.469. The third kappa shape index (κ3) is 4.53. The van der Waals surface area contributed by atoms with E-state index < -0.39 is 6.04 Å². The van der Waals surface area contributed by atoms with E-state index in [1.807, 2.05) is 51.1 Å². The Morgan fingerprint density at radius 1 is 1.10 bits per heavy atom. The first-order valence-corrected chi connectivity index (χ1v) is 11.4. The van der Waals surface area contributed by atoms with Crippen molar-refractivity contribution in [3.05, 3.63) is 41.7 Å². The summed E-state index contributed by atoms with van der Waals surface area (Å²) in [6, 6.07) is 9.14. The second kappa shape index (κ2) is 8.48. The summed E-state index contributed by atoms with van der Waals surface area (Å²) in [5.41, 5.74) is 1.50. The zero-order valence-corrected chi connectivity index (χ0v) is 19.0. The van der Waals surface area contributed by atoms with Gasteiger partial charge in [-0.2, -0.15) is 0 Å². The summed E-state index contributed by atoms with van der Waals surface area (Å²) in [4.78, 5) is 28.9. The van der Waals surface area contributed by atoms with E-state index in [0.29, 0.717) is 35.4 Å². The first-order chi connectivity index (χ1) is 14.7. The van der Waals surface area contributed by atoms with E-state index in [2.05, 4.69) is 10.5 Å². The number of fused-ring (bicyclic) bond motifs is 1. The highest BCUT2D eigenvalue weighted by molar-refractivity contribution is 6.03. The Kier molecular flexibility index (Phi) is 5.91. The average Bonchev–Trinajstić information content (AvgIpc) is 3.13. The lowest BCUT2D eigenvalue weighted by Crippen LogP contribution is -2.59. The first-order valence-electron chi connectivity index (χ1n) is 11.4. The maximum absolute atomic E-state index is 13.9. The molecule has 1 aliphatic carbocycles. The van der Waals surface area contributed by atoms with Crippen molar-refractivity contribution in [3.8, 4) is 11.3 Å². The quantitative estimate of drug-likeness (QED) is 0.784. The topological polar surface area (TPSA) is 75.4 Å². The SMILES string of the molecule is Cc1onc(-c2ccccc2)c1C(=O)N1C[C@@H]2CCCC[C@@H]2C[C@@H]1C(=O)NC(C)(C)C. The van der Waals surface area contributed by atoms with E-state index in [9.17, 15) is 9.59 Å². The molecule has 2 fully saturated rings. The molecule has 6 nitrogen and oxygen atoms in total. The van der Waals surface area contributed by atoms with Gasteiger partial charge in [-0.3, -0.25) is 9.59 Å². The fraction of sp³-hybridized carbons (Fsp3) is 0.560. The number of nitrogens with one attached hydrogen (secondary N) is 1. The predicted molar refractivity (Wildman–Crippen MR) is 119 cm³/mol. The number of aryl methyl sites for hydroxylation is 1. The Morgan fingerprint density at radius 3 is 2.45 bits per heavy atom. The Morgan fingerprint density at radius 2 is 1.77 bits per heavy atom. The predicted octanol–water partition coefficient (Wildman–Crippen LogP) is 4.59. The van der Waals surface area contributed by atoms with Crippen molar-refractivity contribution in [2.75, 3.05) is 6.54 Å². The maximum atomic E-state index is 13.9. The number of benzene rings is 1. The van der Waals surface area contributed by atoms with Crippen LogP contribution in [0.5, 0.6) is 0 Å². The molecule has 6 heteroatoms. The molecule has 0 radical (unpaired) electrons. The number of nitrogens with zero attached hydrogens (tertiary/aromatic N) is 2. The minimum Gasteiger partial charge on any atom is -0.360 e. The summed E-state index contributed by atoms with van der Waals surface area (Å²) in [6.45, 7) is 8.30. The van der Waals surface area contributed by atoms with Crippen LogP contribution in [-0.4, -0.2) is 40.0 Å². The Balaban J connectivity index is 1.69. The zero-order valence-electron chi connectivity index (χ0n) is 19.0. The van der Waals surface area contributed by atoms with Crippen LogP contribution < -0.4 is 5.32 Å². The molecule has 1 aliphatic heterocycles. The van der Waals surface area contributed by atoms with Crippen LogP contribution in [0, 0.1) is 18.8 Å². The highest BCUT2D eigenvalue weighted by Crippen LogP contribution is 2.40. The van der Waals surface area contributed by atoms with Crippen LogP contribution in [0.3, 0.4) is 0 Å². The van der Waals surface area contributed by atoms with Crippen molar-refractivity contribution in [3.63, 3.8) is 0 Å².